The second-order valence-corrected chi connectivity index (χ2v) is 4.93. The van der Waals surface area contributed by atoms with Crippen LogP contribution in [0, 0.1) is 0 Å². The van der Waals surface area contributed by atoms with Crippen LogP contribution in [0.15, 0.2) is 24.3 Å². The van der Waals surface area contributed by atoms with Crippen molar-refractivity contribution < 1.29 is 14.3 Å². The number of ether oxygens (including phenoxy) is 1. The van der Waals surface area contributed by atoms with E-state index in [9.17, 15) is 9.59 Å². The maximum atomic E-state index is 11.8. The number of carbonyl (C=O) groups excluding carboxylic acids is 2. The number of hydrogen-bond donors (Lipinski definition) is 2. The van der Waals surface area contributed by atoms with Crippen LogP contribution in [0.4, 0.5) is 5.69 Å². The van der Waals surface area contributed by atoms with Crippen LogP contribution in [0.1, 0.15) is 16.8 Å². The molecule has 3 N–H and O–H groups in total. The third-order valence-electron chi connectivity index (χ3n) is 2.54. The molecule has 104 valence electrons. The number of anilines is 1. The van der Waals surface area contributed by atoms with Gasteiger partial charge in [0, 0.05) is 5.69 Å². The minimum absolute atomic E-state index is 0.222. The Morgan fingerprint density at radius 2 is 2.00 bits per heavy atom. The van der Waals surface area contributed by atoms with E-state index < -0.39 is 12.0 Å². The molecule has 6 heteroatoms. The first-order valence-electron chi connectivity index (χ1n) is 5.82. The molecule has 1 aromatic rings. The average molecular weight is 282 g/mol. The Morgan fingerprint density at radius 3 is 2.53 bits per heavy atom. The highest BCUT2D eigenvalue weighted by atomic mass is 32.2. The van der Waals surface area contributed by atoms with E-state index in [-0.39, 0.29) is 5.91 Å². The number of hydrogen-bond acceptors (Lipinski definition) is 5. The number of carbonyl (C=O) groups is 2. The third-order valence-corrected chi connectivity index (χ3v) is 3.19. The molecule has 0 aliphatic rings. The van der Waals surface area contributed by atoms with Crippen molar-refractivity contribution in [3.63, 3.8) is 0 Å². The maximum absolute atomic E-state index is 11.8. The summed E-state index contributed by atoms with van der Waals surface area (Å²) in [6.07, 6.45) is 2.60. The summed E-state index contributed by atoms with van der Waals surface area (Å²) in [5.41, 5.74) is 6.80. The van der Waals surface area contributed by atoms with E-state index >= 15 is 0 Å². The molecule has 5 nitrogen and oxygen atoms in total. The summed E-state index contributed by atoms with van der Waals surface area (Å²) in [5, 5.41) is 2.71. The smallest absolute Gasteiger partial charge is 0.337 e. The summed E-state index contributed by atoms with van der Waals surface area (Å²) in [7, 11) is 1.32. The Morgan fingerprint density at radius 1 is 1.37 bits per heavy atom. The lowest BCUT2D eigenvalue weighted by Crippen LogP contribution is -2.36. The van der Waals surface area contributed by atoms with E-state index in [0.717, 1.165) is 5.75 Å². The van der Waals surface area contributed by atoms with Gasteiger partial charge in [0.15, 0.2) is 0 Å². The van der Waals surface area contributed by atoms with Crippen LogP contribution in [-0.2, 0) is 9.53 Å². The number of rotatable bonds is 6. The van der Waals surface area contributed by atoms with Crippen LogP contribution in [0.3, 0.4) is 0 Å². The van der Waals surface area contributed by atoms with Crippen molar-refractivity contribution in [3.8, 4) is 0 Å². The minimum Gasteiger partial charge on any atom is -0.465 e. The van der Waals surface area contributed by atoms with E-state index in [4.69, 9.17) is 5.73 Å². The molecule has 0 aliphatic heterocycles. The SMILES string of the molecule is COC(=O)c1ccc(NC(=O)[C@H](N)CCSC)cc1. The molecule has 1 atom stereocenters. The van der Waals surface area contributed by atoms with Gasteiger partial charge in [-0.25, -0.2) is 4.79 Å². The Labute approximate surface area is 116 Å². The van der Waals surface area contributed by atoms with Crippen molar-refractivity contribution in [1.82, 2.24) is 0 Å². The molecule has 0 saturated carbocycles. The molecule has 0 heterocycles. The van der Waals surface area contributed by atoms with Gasteiger partial charge < -0.3 is 15.8 Å². The van der Waals surface area contributed by atoms with E-state index in [1.165, 1.54) is 7.11 Å². The molecule has 1 rings (SSSR count). The summed E-state index contributed by atoms with van der Waals surface area (Å²) in [4.78, 5) is 23.0. The van der Waals surface area contributed by atoms with Gasteiger partial charge in [-0.1, -0.05) is 0 Å². The minimum atomic E-state index is -0.521. The van der Waals surface area contributed by atoms with Crippen molar-refractivity contribution in [2.45, 2.75) is 12.5 Å². The summed E-state index contributed by atoms with van der Waals surface area (Å²) >= 11 is 1.65. The molecule has 0 spiro atoms. The summed E-state index contributed by atoms with van der Waals surface area (Å²) in [6.45, 7) is 0. The Balaban J connectivity index is 2.57. The van der Waals surface area contributed by atoms with E-state index in [2.05, 4.69) is 10.1 Å². The van der Waals surface area contributed by atoms with Gasteiger partial charge in [-0.05, 0) is 42.7 Å². The quantitative estimate of drug-likeness (QED) is 0.773. The molecule has 0 fully saturated rings. The summed E-state index contributed by atoms with van der Waals surface area (Å²) in [5.74, 6) is 0.213. The van der Waals surface area contributed by atoms with Gasteiger partial charge >= 0.3 is 5.97 Å². The fourth-order valence-electron chi connectivity index (χ4n) is 1.42. The number of methoxy groups -OCH3 is 1. The van der Waals surface area contributed by atoms with Gasteiger partial charge in [0.1, 0.15) is 0 Å². The molecular formula is C13H18N2O3S. The van der Waals surface area contributed by atoms with Gasteiger partial charge in [0.2, 0.25) is 5.91 Å². The highest BCUT2D eigenvalue weighted by Crippen LogP contribution is 2.11. The number of esters is 1. The van der Waals surface area contributed by atoms with E-state index in [0.29, 0.717) is 17.7 Å². The van der Waals surface area contributed by atoms with Gasteiger partial charge in [-0.15, -0.1) is 0 Å². The third kappa shape index (κ3) is 4.92. The lowest BCUT2D eigenvalue weighted by Gasteiger charge is -2.11. The van der Waals surface area contributed by atoms with Crippen LogP contribution in [0.5, 0.6) is 0 Å². The van der Waals surface area contributed by atoms with Crippen LogP contribution in [-0.4, -0.2) is 37.0 Å². The number of nitrogens with two attached hydrogens (primary N) is 1. The largest absolute Gasteiger partial charge is 0.465 e. The molecule has 0 bridgehead atoms. The van der Waals surface area contributed by atoms with Crippen molar-refractivity contribution >= 4 is 29.3 Å². The lowest BCUT2D eigenvalue weighted by molar-refractivity contribution is -0.117. The Hall–Kier alpha value is -1.53. The number of nitrogens with one attached hydrogen (secondary N) is 1. The zero-order valence-electron chi connectivity index (χ0n) is 11.0. The van der Waals surface area contributed by atoms with Gasteiger partial charge in [-0.2, -0.15) is 11.8 Å². The fourth-order valence-corrected chi connectivity index (χ4v) is 1.91. The van der Waals surface area contributed by atoms with Crippen molar-refractivity contribution in [2.75, 3.05) is 24.4 Å². The van der Waals surface area contributed by atoms with Crippen molar-refractivity contribution in [2.24, 2.45) is 5.73 Å². The normalized spacial score (nSPS) is 11.7. The van der Waals surface area contributed by atoms with E-state index in [1.54, 1.807) is 36.0 Å². The standard InChI is InChI=1S/C13H18N2O3S/c1-18-13(17)9-3-5-10(6-4-9)15-12(16)11(14)7-8-19-2/h3-6,11H,7-8,14H2,1-2H3,(H,15,16)/t11-/m1/s1. The van der Waals surface area contributed by atoms with Gasteiger partial charge in [0.05, 0.1) is 18.7 Å². The molecule has 0 aromatic heterocycles. The first kappa shape index (κ1) is 15.5. The predicted octanol–water partition coefficient (Wildman–Crippen LogP) is 1.49. The molecule has 19 heavy (non-hydrogen) atoms. The number of benzene rings is 1. The molecule has 0 saturated heterocycles. The number of amides is 1. The first-order valence-corrected chi connectivity index (χ1v) is 7.21. The van der Waals surface area contributed by atoms with Crippen LogP contribution in [0.25, 0.3) is 0 Å². The molecule has 1 amide bonds. The van der Waals surface area contributed by atoms with Crippen molar-refractivity contribution in [3.05, 3.63) is 29.8 Å². The zero-order valence-corrected chi connectivity index (χ0v) is 11.8. The lowest BCUT2D eigenvalue weighted by atomic mass is 10.2. The predicted molar refractivity (Wildman–Crippen MR) is 77.4 cm³/mol. The van der Waals surface area contributed by atoms with Gasteiger partial charge in [-0.3, -0.25) is 4.79 Å². The second kappa shape index (κ2) is 7.81. The molecule has 0 radical (unpaired) electrons. The monoisotopic (exact) mass is 282 g/mol. The molecule has 1 aromatic carbocycles. The van der Waals surface area contributed by atoms with Crippen LogP contribution in [0.2, 0.25) is 0 Å². The summed E-state index contributed by atoms with van der Waals surface area (Å²) in [6, 6.07) is 5.95. The highest BCUT2D eigenvalue weighted by molar-refractivity contribution is 7.98. The first-order chi connectivity index (χ1) is 9.08. The Bertz CT molecular complexity index is 434. The highest BCUT2D eigenvalue weighted by Gasteiger charge is 2.13. The molecular weight excluding hydrogens is 264 g/mol. The van der Waals surface area contributed by atoms with Crippen LogP contribution < -0.4 is 11.1 Å². The average Bonchev–Trinajstić information content (AvgIpc) is 2.44. The number of thioether (sulfide) groups is 1. The molecule has 0 unspecified atom stereocenters. The maximum Gasteiger partial charge on any atom is 0.337 e. The second-order valence-electron chi connectivity index (χ2n) is 3.95. The van der Waals surface area contributed by atoms with Crippen molar-refractivity contribution in [1.29, 1.82) is 0 Å². The van der Waals surface area contributed by atoms with Crippen LogP contribution >= 0.6 is 11.8 Å². The molecule has 0 aliphatic carbocycles. The fraction of sp³-hybridized carbons (Fsp3) is 0.385. The summed E-state index contributed by atoms with van der Waals surface area (Å²) < 4.78 is 4.59. The van der Waals surface area contributed by atoms with Gasteiger partial charge in [0.25, 0.3) is 0 Å². The topological polar surface area (TPSA) is 81.4 Å². The zero-order chi connectivity index (χ0) is 14.3. The van der Waals surface area contributed by atoms with E-state index in [1.807, 2.05) is 6.26 Å². The Kier molecular flexibility index (Phi) is 6.38.